The molecule has 0 spiro atoms. The van der Waals surface area contributed by atoms with Gasteiger partial charge in [0.25, 0.3) is 20.0 Å². The number of anilines is 2. The maximum Gasteiger partial charge on any atom is 0.265 e. The molecule has 0 aliphatic carbocycles. The van der Waals surface area contributed by atoms with Gasteiger partial charge in [0, 0.05) is 0 Å². The highest BCUT2D eigenvalue weighted by Crippen LogP contribution is 2.32. The van der Waals surface area contributed by atoms with Gasteiger partial charge in [-0.15, -0.1) is 0 Å². The standard InChI is InChI=1S/C30H28N2O5S2/c1-23-14-18-26(19-15-23)38(33,34)31-28-11-5-6-12-29(28)32(39(35,36)27-20-16-24(2)17-21-27)22-8-10-25-9-4-7-13-30(25)37-3/h4-7,9,11-21,31H,22H2,1-3H3. The number of nitrogens with zero attached hydrogens (tertiary/aromatic N) is 1. The molecule has 0 fully saturated rings. The van der Waals surface area contributed by atoms with Crippen molar-refractivity contribution in [2.75, 3.05) is 22.7 Å². The summed E-state index contributed by atoms with van der Waals surface area (Å²) in [6.07, 6.45) is 0. The second-order valence-corrected chi connectivity index (χ2v) is 12.3. The van der Waals surface area contributed by atoms with Crippen LogP contribution in [0, 0.1) is 25.7 Å². The van der Waals surface area contributed by atoms with Gasteiger partial charge in [-0.25, -0.2) is 16.8 Å². The molecule has 9 heteroatoms. The summed E-state index contributed by atoms with van der Waals surface area (Å²) in [7, 11) is -6.59. The van der Waals surface area contributed by atoms with Gasteiger partial charge in [-0.1, -0.05) is 71.5 Å². The SMILES string of the molecule is COc1ccccc1C#CCN(c1ccccc1NS(=O)(=O)c1ccc(C)cc1)S(=O)(=O)c1ccc(C)cc1. The third kappa shape index (κ3) is 6.42. The largest absolute Gasteiger partial charge is 0.495 e. The number of nitrogens with one attached hydrogen (secondary N) is 1. The Morgan fingerprint density at radius 2 is 1.31 bits per heavy atom. The van der Waals surface area contributed by atoms with Crippen LogP contribution in [0.25, 0.3) is 0 Å². The van der Waals surface area contributed by atoms with Gasteiger partial charge in [0.1, 0.15) is 5.75 Å². The molecule has 7 nitrogen and oxygen atoms in total. The third-order valence-electron chi connectivity index (χ3n) is 5.91. The Morgan fingerprint density at radius 1 is 0.744 bits per heavy atom. The first-order valence-corrected chi connectivity index (χ1v) is 14.9. The number of ether oxygens (including phenoxy) is 1. The minimum Gasteiger partial charge on any atom is -0.495 e. The van der Waals surface area contributed by atoms with Crippen molar-refractivity contribution in [3.63, 3.8) is 0 Å². The summed E-state index contributed by atoms with van der Waals surface area (Å²) in [5.74, 6) is 6.47. The monoisotopic (exact) mass is 560 g/mol. The van der Waals surface area contributed by atoms with Crippen LogP contribution in [0.4, 0.5) is 11.4 Å². The fraction of sp³-hybridized carbons (Fsp3) is 0.133. The van der Waals surface area contributed by atoms with E-state index in [1.165, 1.54) is 37.4 Å². The minimum absolute atomic E-state index is 0.0587. The number of sulfonamides is 2. The van der Waals surface area contributed by atoms with Gasteiger partial charge in [0.15, 0.2) is 0 Å². The van der Waals surface area contributed by atoms with Gasteiger partial charge in [-0.05, 0) is 62.4 Å². The van der Waals surface area contributed by atoms with Gasteiger partial charge in [0.2, 0.25) is 0 Å². The zero-order valence-corrected chi connectivity index (χ0v) is 23.4. The number of para-hydroxylation sites is 3. The van der Waals surface area contributed by atoms with Crippen LogP contribution < -0.4 is 13.8 Å². The summed E-state index contributed by atoms with van der Waals surface area (Å²) in [5, 5.41) is 0. The Bertz CT molecular complexity index is 1740. The fourth-order valence-corrected chi connectivity index (χ4v) is 6.25. The lowest BCUT2D eigenvalue weighted by atomic mass is 10.2. The second kappa shape index (κ2) is 11.6. The predicted molar refractivity (Wildman–Crippen MR) is 154 cm³/mol. The molecule has 39 heavy (non-hydrogen) atoms. The second-order valence-electron chi connectivity index (χ2n) is 8.76. The van der Waals surface area contributed by atoms with Gasteiger partial charge >= 0.3 is 0 Å². The molecule has 0 radical (unpaired) electrons. The van der Waals surface area contributed by atoms with Crippen LogP contribution in [-0.4, -0.2) is 30.5 Å². The van der Waals surface area contributed by atoms with Crippen molar-refractivity contribution in [3.8, 4) is 17.6 Å². The maximum absolute atomic E-state index is 13.9. The molecule has 200 valence electrons. The summed E-state index contributed by atoms with van der Waals surface area (Å²) in [5.41, 5.74) is 2.66. The molecule has 0 atom stereocenters. The molecule has 4 aromatic carbocycles. The van der Waals surface area contributed by atoms with Crippen LogP contribution in [0.5, 0.6) is 5.75 Å². The maximum atomic E-state index is 13.9. The van der Waals surface area contributed by atoms with Gasteiger partial charge < -0.3 is 4.74 Å². The average Bonchev–Trinajstić information content (AvgIpc) is 2.92. The van der Waals surface area contributed by atoms with E-state index in [2.05, 4.69) is 16.6 Å². The number of rotatable bonds is 8. The van der Waals surface area contributed by atoms with E-state index < -0.39 is 20.0 Å². The fourth-order valence-electron chi connectivity index (χ4n) is 3.79. The van der Waals surface area contributed by atoms with E-state index in [-0.39, 0.29) is 27.7 Å². The smallest absolute Gasteiger partial charge is 0.265 e. The normalized spacial score (nSPS) is 11.3. The van der Waals surface area contributed by atoms with Gasteiger partial charge in [-0.2, -0.15) is 0 Å². The molecule has 0 heterocycles. The molecule has 1 N–H and O–H groups in total. The van der Waals surface area contributed by atoms with Gasteiger partial charge in [0.05, 0.1) is 40.4 Å². The van der Waals surface area contributed by atoms with Crippen molar-refractivity contribution in [3.05, 3.63) is 114 Å². The van der Waals surface area contributed by atoms with Crippen molar-refractivity contribution in [1.29, 1.82) is 0 Å². The van der Waals surface area contributed by atoms with Crippen molar-refractivity contribution in [2.24, 2.45) is 0 Å². The van der Waals surface area contributed by atoms with E-state index in [4.69, 9.17) is 4.74 Å². The van der Waals surface area contributed by atoms with Gasteiger partial charge in [-0.3, -0.25) is 9.03 Å². The van der Waals surface area contributed by atoms with E-state index in [0.29, 0.717) is 11.3 Å². The van der Waals surface area contributed by atoms with Crippen molar-refractivity contribution in [2.45, 2.75) is 23.6 Å². The molecule has 0 bridgehead atoms. The molecule has 4 rings (SSSR count). The zero-order valence-electron chi connectivity index (χ0n) is 21.7. The molecular formula is C30H28N2O5S2. The van der Waals surface area contributed by atoms with Crippen LogP contribution in [0.1, 0.15) is 16.7 Å². The zero-order chi connectivity index (χ0) is 28.0. The first-order valence-electron chi connectivity index (χ1n) is 12.0. The minimum atomic E-state index is -4.12. The lowest BCUT2D eigenvalue weighted by Crippen LogP contribution is -2.32. The number of hydrogen-bond acceptors (Lipinski definition) is 5. The molecule has 0 saturated carbocycles. The molecule has 0 saturated heterocycles. The van der Waals surface area contributed by atoms with E-state index in [9.17, 15) is 16.8 Å². The Labute approximate surface area is 230 Å². The third-order valence-corrected chi connectivity index (χ3v) is 9.07. The van der Waals surface area contributed by atoms with Crippen molar-refractivity contribution < 1.29 is 21.6 Å². The molecule has 0 aliphatic rings. The summed E-state index contributed by atoms with van der Waals surface area (Å²) < 4.78 is 63.2. The summed E-state index contributed by atoms with van der Waals surface area (Å²) in [6.45, 7) is 3.48. The van der Waals surface area contributed by atoms with E-state index in [1.807, 2.05) is 26.0 Å². The Kier molecular flexibility index (Phi) is 8.29. The molecule has 0 unspecified atom stereocenters. The lowest BCUT2D eigenvalue weighted by Gasteiger charge is -2.25. The number of hydrogen-bond donors (Lipinski definition) is 1. The molecule has 4 aromatic rings. The molecular weight excluding hydrogens is 532 g/mol. The van der Waals surface area contributed by atoms with Crippen LogP contribution in [-0.2, 0) is 20.0 Å². The first-order chi connectivity index (χ1) is 18.6. The van der Waals surface area contributed by atoms with Crippen molar-refractivity contribution in [1.82, 2.24) is 0 Å². The number of aryl methyl sites for hydroxylation is 2. The van der Waals surface area contributed by atoms with Crippen LogP contribution in [0.15, 0.2) is 107 Å². The highest BCUT2D eigenvalue weighted by Gasteiger charge is 2.27. The highest BCUT2D eigenvalue weighted by atomic mass is 32.2. The van der Waals surface area contributed by atoms with E-state index in [1.54, 1.807) is 54.6 Å². The Balaban J connectivity index is 1.79. The van der Waals surface area contributed by atoms with Crippen molar-refractivity contribution >= 4 is 31.4 Å². The number of methoxy groups -OCH3 is 1. The first kappa shape index (κ1) is 27.8. The summed E-state index contributed by atoms with van der Waals surface area (Å²) in [4.78, 5) is 0.121. The molecule has 0 aromatic heterocycles. The topological polar surface area (TPSA) is 92.8 Å². The molecule has 0 amide bonds. The Hall–Kier alpha value is -4.26. The molecule has 0 aliphatic heterocycles. The predicted octanol–water partition coefficient (Wildman–Crippen LogP) is 5.36. The average molecular weight is 561 g/mol. The highest BCUT2D eigenvalue weighted by molar-refractivity contribution is 7.93. The number of benzene rings is 4. The Morgan fingerprint density at radius 3 is 1.95 bits per heavy atom. The van der Waals surface area contributed by atoms with E-state index in [0.717, 1.165) is 15.4 Å². The van der Waals surface area contributed by atoms with Crippen LogP contribution in [0.2, 0.25) is 0 Å². The summed E-state index contributed by atoms with van der Waals surface area (Å²) >= 11 is 0. The quantitative estimate of drug-likeness (QED) is 0.293. The van der Waals surface area contributed by atoms with E-state index >= 15 is 0 Å². The van der Waals surface area contributed by atoms with Crippen LogP contribution in [0.3, 0.4) is 0 Å². The van der Waals surface area contributed by atoms with Crippen LogP contribution >= 0.6 is 0 Å². The lowest BCUT2D eigenvalue weighted by molar-refractivity contribution is 0.413. The summed E-state index contributed by atoms with van der Waals surface area (Å²) in [6, 6.07) is 26.3.